The Hall–Kier alpha value is -1.43. The van der Waals surface area contributed by atoms with Crippen molar-refractivity contribution in [3.8, 4) is 0 Å². The highest BCUT2D eigenvalue weighted by molar-refractivity contribution is 5.97. The lowest BCUT2D eigenvalue weighted by molar-refractivity contribution is -0.140. The summed E-state index contributed by atoms with van der Waals surface area (Å²) in [5, 5.41) is 6.21. The van der Waals surface area contributed by atoms with E-state index in [0.29, 0.717) is 19.4 Å². The first kappa shape index (κ1) is 16.9. The van der Waals surface area contributed by atoms with Gasteiger partial charge in [0.1, 0.15) is 5.60 Å². The van der Waals surface area contributed by atoms with Crippen LogP contribution in [0.2, 0.25) is 0 Å². The van der Waals surface area contributed by atoms with Gasteiger partial charge < -0.3 is 20.1 Å². The zero-order valence-corrected chi connectivity index (χ0v) is 13.6. The Kier molecular flexibility index (Phi) is 5.94. The molecule has 5 heteroatoms. The topological polar surface area (TPSA) is 59.6 Å². The van der Waals surface area contributed by atoms with Crippen LogP contribution < -0.4 is 10.6 Å². The van der Waals surface area contributed by atoms with Crippen molar-refractivity contribution in [2.75, 3.05) is 25.5 Å². The zero-order valence-electron chi connectivity index (χ0n) is 13.6. The molecule has 0 aliphatic carbocycles. The summed E-state index contributed by atoms with van der Waals surface area (Å²) in [6.07, 6.45) is 1.59. The second-order valence-corrected chi connectivity index (χ2v) is 5.96. The van der Waals surface area contributed by atoms with E-state index in [1.54, 1.807) is 7.11 Å². The van der Waals surface area contributed by atoms with Crippen molar-refractivity contribution in [1.29, 1.82) is 0 Å². The highest BCUT2D eigenvalue weighted by Crippen LogP contribution is 2.24. The molecule has 0 spiro atoms. The van der Waals surface area contributed by atoms with E-state index in [-0.39, 0.29) is 12.0 Å². The van der Waals surface area contributed by atoms with Gasteiger partial charge in [0.2, 0.25) is 0 Å². The normalized spacial score (nSPS) is 17.5. The zero-order chi connectivity index (χ0) is 16.0. The molecule has 2 N–H and O–H groups in total. The number of hydrogen-bond donors (Lipinski definition) is 2. The number of carbonyl (C=O) groups is 1. The first-order valence-electron chi connectivity index (χ1n) is 7.83. The smallest absolute Gasteiger partial charge is 0.256 e. The lowest BCUT2D eigenvalue weighted by atomic mass is 9.91. The number of carbonyl (C=O) groups excluding carboxylic acids is 1. The average molecular weight is 306 g/mol. The maximum absolute atomic E-state index is 12.5. The number of rotatable bonds is 6. The van der Waals surface area contributed by atoms with E-state index in [4.69, 9.17) is 9.47 Å². The van der Waals surface area contributed by atoms with Gasteiger partial charge in [-0.15, -0.1) is 0 Å². The molecule has 1 aromatic rings. The van der Waals surface area contributed by atoms with E-state index in [9.17, 15) is 4.79 Å². The van der Waals surface area contributed by atoms with Gasteiger partial charge in [-0.3, -0.25) is 4.79 Å². The molecular weight excluding hydrogens is 280 g/mol. The number of ether oxygens (including phenoxy) is 2. The summed E-state index contributed by atoms with van der Waals surface area (Å²) in [6, 6.07) is 7.75. The van der Waals surface area contributed by atoms with E-state index in [0.717, 1.165) is 24.3 Å². The Labute approximate surface area is 132 Å². The lowest BCUT2D eigenvalue weighted by Gasteiger charge is -2.34. The van der Waals surface area contributed by atoms with E-state index < -0.39 is 5.60 Å². The Morgan fingerprint density at radius 2 is 1.91 bits per heavy atom. The van der Waals surface area contributed by atoms with Gasteiger partial charge in [0, 0.05) is 12.8 Å². The first-order chi connectivity index (χ1) is 10.6. The molecular formula is C17H26N2O3. The molecule has 0 radical (unpaired) electrons. The number of hydrogen-bond acceptors (Lipinski definition) is 4. The van der Waals surface area contributed by atoms with Crippen LogP contribution in [0.1, 0.15) is 32.3 Å². The molecule has 22 heavy (non-hydrogen) atoms. The van der Waals surface area contributed by atoms with Crippen molar-refractivity contribution in [3.05, 3.63) is 29.8 Å². The van der Waals surface area contributed by atoms with Crippen LogP contribution in [-0.4, -0.2) is 37.8 Å². The summed E-state index contributed by atoms with van der Waals surface area (Å²) in [4.78, 5) is 12.5. The molecule has 1 saturated heterocycles. The minimum absolute atomic E-state index is 0.0670. The largest absolute Gasteiger partial charge is 0.374 e. The summed E-state index contributed by atoms with van der Waals surface area (Å²) in [6.45, 7) is 6.20. The Bertz CT molecular complexity index is 479. The average Bonchev–Trinajstić information content (AvgIpc) is 2.54. The summed E-state index contributed by atoms with van der Waals surface area (Å²) in [5.41, 5.74) is 1.16. The fourth-order valence-corrected chi connectivity index (χ4v) is 2.55. The minimum atomic E-state index is -0.718. The van der Waals surface area contributed by atoms with Crippen LogP contribution in [0, 0.1) is 0 Å². The monoisotopic (exact) mass is 306 g/mol. The third kappa shape index (κ3) is 4.29. The molecule has 122 valence electrons. The van der Waals surface area contributed by atoms with E-state index in [1.165, 1.54) is 0 Å². The molecule has 0 saturated carbocycles. The quantitative estimate of drug-likeness (QED) is 0.847. The van der Waals surface area contributed by atoms with Crippen molar-refractivity contribution in [3.63, 3.8) is 0 Å². The third-order valence-corrected chi connectivity index (χ3v) is 4.01. The first-order valence-corrected chi connectivity index (χ1v) is 7.83. The van der Waals surface area contributed by atoms with Crippen molar-refractivity contribution in [1.82, 2.24) is 5.32 Å². The molecule has 0 unspecified atom stereocenters. The lowest BCUT2D eigenvalue weighted by Crippen LogP contribution is -2.51. The molecule has 5 nitrogen and oxygen atoms in total. The number of benzene rings is 1. The van der Waals surface area contributed by atoms with E-state index >= 15 is 0 Å². The predicted molar refractivity (Wildman–Crippen MR) is 86.8 cm³/mol. The van der Waals surface area contributed by atoms with Crippen LogP contribution in [0.25, 0.3) is 0 Å². The van der Waals surface area contributed by atoms with Gasteiger partial charge in [-0.05, 0) is 57.5 Å². The fraction of sp³-hybridized carbons (Fsp3) is 0.588. The maximum Gasteiger partial charge on any atom is 0.256 e. The highest BCUT2D eigenvalue weighted by Gasteiger charge is 2.39. The summed E-state index contributed by atoms with van der Waals surface area (Å²) >= 11 is 0. The molecule has 1 amide bonds. The number of anilines is 1. The summed E-state index contributed by atoms with van der Waals surface area (Å²) in [7, 11) is 1.61. The molecule has 1 aliphatic rings. The van der Waals surface area contributed by atoms with Crippen molar-refractivity contribution >= 4 is 11.6 Å². The summed E-state index contributed by atoms with van der Waals surface area (Å²) in [5.74, 6) is -0.0670. The number of amides is 1. The van der Waals surface area contributed by atoms with Crippen LogP contribution in [0.15, 0.2) is 24.3 Å². The Morgan fingerprint density at radius 3 is 2.45 bits per heavy atom. The molecule has 1 fully saturated rings. The van der Waals surface area contributed by atoms with Crippen LogP contribution in [0.4, 0.5) is 5.69 Å². The van der Waals surface area contributed by atoms with Crippen molar-refractivity contribution in [2.45, 2.75) is 45.0 Å². The number of piperidine rings is 1. The molecule has 0 aromatic heterocycles. The maximum atomic E-state index is 12.5. The van der Waals surface area contributed by atoms with Gasteiger partial charge in [-0.25, -0.2) is 0 Å². The SMILES string of the molecule is COC1(C(=O)Nc2ccc(COC(C)C)cc2)CCNCC1. The third-order valence-electron chi connectivity index (χ3n) is 4.01. The molecule has 2 rings (SSSR count). The van der Waals surface area contributed by atoms with Crippen LogP contribution in [-0.2, 0) is 20.9 Å². The van der Waals surface area contributed by atoms with Gasteiger partial charge >= 0.3 is 0 Å². The molecule has 0 bridgehead atoms. The van der Waals surface area contributed by atoms with Crippen LogP contribution in [0.3, 0.4) is 0 Å². The van der Waals surface area contributed by atoms with Gasteiger partial charge in [0.25, 0.3) is 5.91 Å². The van der Waals surface area contributed by atoms with E-state index in [2.05, 4.69) is 10.6 Å². The van der Waals surface area contributed by atoms with Gasteiger partial charge in [0.05, 0.1) is 12.7 Å². The van der Waals surface area contributed by atoms with Crippen LogP contribution >= 0.6 is 0 Å². The number of nitrogens with one attached hydrogen (secondary N) is 2. The number of methoxy groups -OCH3 is 1. The predicted octanol–water partition coefficient (Wildman–Crippen LogP) is 2.32. The molecule has 0 atom stereocenters. The molecule has 1 heterocycles. The Balaban J connectivity index is 1.96. The molecule has 1 aliphatic heterocycles. The fourth-order valence-electron chi connectivity index (χ4n) is 2.55. The Morgan fingerprint density at radius 1 is 1.27 bits per heavy atom. The molecule has 1 aromatic carbocycles. The second kappa shape index (κ2) is 7.72. The van der Waals surface area contributed by atoms with Gasteiger partial charge in [-0.2, -0.15) is 0 Å². The van der Waals surface area contributed by atoms with Crippen molar-refractivity contribution < 1.29 is 14.3 Å². The highest BCUT2D eigenvalue weighted by atomic mass is 16.5. The summed E-state index contributed by atoms with van der Waals surface area (Å²) < 4.78 is 11.1. The van der Waals surface area contributed by atoms with Gasteiger partial charge in [-0.1, -0.05) is 12.1 Å². The van der Waals surface area contributed by atoms with E-state index in [1.807, 2.05) is 38.1 Å². The minimum Gasteiger partial charge on any atom is -0.374 e. The van der Waals surface area contributed by atoms with Crippen molar-refractivity contribution in [2.24, 2.45) is 0 Å². The van der Waals surface area contributed by atoms with Gasteiger partial charge in [0.15, 0.2) is 0 Å². The standard InChI is InChI=1S/C17H26N2O3/c1-13(2)22-12-14-4-6-15(7-5-14)19-16(20)17(21-3)8-10-18-11-9-17/h4-7,13,18H,8-12H2,1-3H3,(H,19,20). The van der Waals surface area contributed by atoms with Crippen LogP contribution in [0.5, 0.6) is 0 Å². The second-order valence-electron chi connectivity index (χ2n) is 5.96.